The van der Waals surface area contributed by atoms with Crippen LogP contribution in [0.1, 0.15) is 24.2 Å². The monoisotopic (exact) mass is 277 g/mol. The third-order valence-corrected chi connectivity index (χ3v) is 3.13. The Morgan fingerprint density at radius 2 is 1.94 bits per heavy atom. The fraction of sp³-hybridized carbons (Fsp3) is 0.417. The molecule has 0 unspecified atom stereocenters. The maximum atomic E-state index is 12.2. The normalized spacial score (nSPS) is 11.7. The van der Waals surface area contributed by atoms with Gasteiger partial charge in [0.15, 0.2) is 0 Å². The summed E-state index contributed by atoms with van der Waals surface area (Å²) in [6, 6.07) is 5.57. The lowest BCUT2D eigenvalue weighted by Gasteiger charge is -2.21. The van der Waals surface area contributed by atoms with Crippen LogP contribution in [0.3, 0.4) is 0 Å². The summed E-state index contributed by atoms with van der Waals surface area (Å²) in [5.41, 5.74) is -4.08. The van der Waals surface area contributed by atoms with E-state index in [4.69, 9.17) is 0 Å². The van der Waals surface area contributed by atoms with E-state index < -0.39 is 5.51 Å². The summed E-state index contributed by atoms with van der Waals surface area (Å²) in [6.45, 7) is 3.68. The molecular formula is C12H14F3NOS. The van der Waals surface area contributed by atoms with E-state index in [-0.39, 0.29) is 34.2 Å². The minimum Gasteiger partial charge on any atom is -0.339 e. The summed E-state index contributed by atoms with van der Waals surface area (Å²) in [5, 5.41) is 0. The van der Waals surface area contributed by atoms with Crippen molar-refractivity contribution in [3.05, 3.63) is 29.8 Å². The van der Waals surface area contributed by atoms with Crippen LogP contribution in [0.4, 0.5) is 13.2 Å². The third-order valence-electron chi connectivity index (χ3n) is 2.41. The molecule has 0 aliphatic carbocycles. The molecule has 2 nitrogen and oxygen atoms in total. The summed E-state index contributed by atoms with van der Waals surface area (Å²) in [5.74, 6) is -0.283. The van der Waals surface area contributed by atoms with Crippen LogP contribution in [0.25, 0.3) is 0 Å². The molecule has 0 fully saturated rings. The van der Waals surface area contributed by atoms with Crippen molar-refractivity contribution in [2.45, 2.75) is 30.3 Å². The second kappa shape index (κ2) is 5.65. The van der Waals surface area contributed by atoms with Gasteiger partial charge in [-0.05, 0) is 43.8 Å². The zero-order valence-corrected chi connectivity index (χ0v) is 11.1. The minimum atomic E-state index is -4.34. The molecule has 0 spiro atoms. The molecule has 0 heterocycles. The van der Waals surface area contributed by atoms with Crippen LogP contribution in [0.5, 0.6) is 0 Å². The largest absolute Gasteiger partial charge is 0.446 e. The van der Waals surface area contributed by atoms with Crippen molar-refractivity contribution in [1.82, 2.24) is 4.90 Å². The van der Waals surface area contributed by atoms with Crippen molar-refractivity contribution in [3.8, 4) is 0 Å². The Labute approximate surface area is 108 Å². The lowest BCUT2D eigenvalue weighted by molar-refractivity contribution is -0.0328. The van der Waals surface area contributed by atoms with Crippen LogP contribution in [-0.4, -0.2) is 29.4 Å². The Bertz CT molecular complexity index is 432. The standard InChI is InChI=1S/C12H14F3NOS/c1-8(2)16(3)11(17)9-5-4-6-10(7-9)18-12(13,14)15/h4-8H,1-3H3. The van der Waals surface area contributed by atoms with Gasteiger partial charge in [-0.15, -0.1) is 0 Å². The second-order valence-electron chi connectivity index (χ2n) is 4.09. The molecule has 100 valence electrons. The zero-order valence-electron chi connectivity index (χ0n) is 10.3. The highest BCUT2D eigenvalue weighted by Crippen LogP contribution is 2.37. The fourth-order valence-electron chi connectivity index (χ4n) is 1.26. The quantitative estimate of drug-likeness (QED) is 0.784. The second-order valence-corrected chi connectivity index (χ2v) is 5.22. The van der Waals surface area contributed by atoms with Gasteiger partial charge in [-0.1, -0.05) is 6.07 Å². The highest BCUT2D eigenvalue weighted by molar-refractivity contribution is 8.00. The van der Waals surface area contributed by atoms with Crippen LogP contribution < -0.4 is 0 Å². The number of nitrogens with zero attached hydrogens (tertiary/aromatic N) is 1. The number of thioether (sulfide) groups is 1. The van der Waals surface area contributed by atoms with E-state index >= 15 is 0 Å². The first-order chi connectivity index (χ1) is 8.20. The Hall–Kier alpha value is -1.17. The molecule has 1 amide bonds. The van der Waals surface area contributed by atoms with E-state index in [1.807, 2.05) is 13.8 Å². The number of halogens is 3. The molecular weight excluding hydrogens is 263 g/mol. The first-order valence-corrected chi connectivity index (χ1v) is 6.15. The number of alkyl halides is 3. The van der Waals surface area contributed by atoms with Crippen molar-refractivity contribution < 1.29 is 18.0 Å². The molecule has 18 heavy (non-hydrogen) atoms. The topological polar surface area (TPSA) is 20.3 Å². The van der Waals surface area contributed by atoms with Crippen molar-refractivity contribution >= 4 is 17.7 Å². The van der Waals surface area contributed by atoms with Gasteiger partial charge in [0, 0.05) is 23.5 Å². The molecule has 0 aliphatic rings. The van der Waals surface area contributed by atoms with Crippen molar-refractivity contribution in [1.29, 1.82) is 0 Å². The molecule has 0 saturated carbocycles. The van der Waals surface area contributed by atoms with E-state index in [9.17, 15) is 18.0 Å². The van der Waals surface area contributed by atoms with E-state index in [1.165, 1.54) is 29.2 Å². The molecule has 1 aromatic carbocycles. The van der Waals surface area contributed by atoms with Crippen molar-refractivity contribution in [2.75, 3.05) is 7.05 Å². The first kappa shape index (κ1) is 14.9. The summed E-state index contributed by atoms with van der Waals surface area (Å²) in [6.07, 6.45) is 0. The van der Waals surface area contributed by atoms with E-state index in [2.05, 4.69) is 0 Å². The molecule has 0 aliphatic heterocycles. The van der Waals surface area contributed by atoms with Gasteiger partial charge in [-0.25, -0.2) is 0 Å². The van der Waals surface area contributed by atoms with E-state index in [0.717, 1.165) is 0 Å². The van der Waals surface area contributed by atoms with E-state index in [1.54, 1.807) is 7.05 Å². The van der Waals surface area contributed by atoms with E-state index in [0.29, 0.717) is 0 Å². The summed E-state index contributed by atoms with van der Waals surface area (Å²) in [7, 11) is 1.62. The van der Waals surface area contributed by atoms with Crippen molar-refractivity contribution in [3.63, 3.8) is 0 Å². The SMILES string of the molecule is CC(C)N(C)C(=O)c1cccc(SC(F)(F)F)c1. The summed E-state index contributed by atoms with van der Waals surface area (Å²) >= 11 is -0.218. The average molecular weight is 277 g/mol. The Morgan fingerprint density at radius 3 is 2.44 bits per heavy atom. The number of hydrogen-bond donors (Lipinski definition) is 0. The number of amides is 1. The molecule has 0 radical (unpaired) electrons. The fourth-order valence-corrected chi connectivity index (χ4v) is 1.86. The number of carbonyl (C=O) groups excluding carboxylic acids is 1. The van der Waals surface area contributed by atoms with Crippen LogP contribution in [-0.2, 0) is 0 Å². The maximum absolute atomic E-state index is 12.2. The lowest BCUT2D eigenvalue weighted by atomic mass is 10.2. The summed E-state index contributed by atoms with van der Waals surface area (Å²) in [4.78, 5) is 13.4. The van der Waals surface area contributed by atoms with Gasteiger partial charge in [-0.3, -0.25) is 4.79 Å². The smallest absolute Gasteiger partial charge is 0.339 e. The predicted octanol–water partition coefficient (Wildman–Crippen LogP) is 3.78. The maximum Gasteiger partial charge on any atom is 0.446 e. The molecule has 0 aromatic heterocycles. The van der Waals surface area contributed by atoms with Gasteiger partial charge in [0.1, 0.15) is 0 Å². The van der Waals surface area contributed by atoms with Gasteiger partial charge in [0.25, 0.3) is 5.91 Å². The van der Waals surface area contributed by atoms with Gasteiger partial charge in [0.2, 0.25) is 0 Å². The highest BCUT2D eigenvalue weighted by Gasteiger charge is 2.29. The molecule has 1 rings (SSSR count). The number of rotatable bonds is 3. The minimum absolute atomic E-state index is 0.00331. The van der Waals surface area contributed by atoms with Gasteiger partial charge < -0.3 is 4.90 Å². The van der Waals surface area contributed by atoms with Gasteiger partial charge in [0.05, 0.1) is 0 Å². The molecule has 0 saturated heterocycles. The molecule has 1 aromatic rings. The first-order valence-electron chi connectivity index (χ1n) is 5.33. The predicted molar refractivity (Wildman–Crippen MR) is 65.6 cm³/mol. The lowest BCUT2D eigenvalue weighted by Crippen LogP contribution is -2.32. The van der Waals surface area contributed by atoms with Crippen LogP contribution in [0.15, 0.2) is 29.2 Å². The molecule has 0 N–H and O–H groups in total. The Balaban J connectivity index is 2.92. The van der Waals surface area contributed by atoms with Crippen LogP contribution >= 0.6 is 11.8 Å². The van der Waals surface area contributed by atoms with Crippen molar-refractivity contribution in [2.24, 2.45) is 0 Å². The Kier molecular flexibility index (Phi) is 4.67. The number of carbonyl (C=O) groups is 1. The summed E-state index contributed by atoms with van der Waals surface area (Å²) < 4.78 is 36.7. The molecule has 0 bridgehead atoms. The van der Waals surface area contributed by atoms with Crippen LogP contribution in [0.2, 0.25) is 0 Å². The molecule has 0 atom stereocenters. The van der Waals surface area contributed by atoms with Gasteiger partial charge >= 0.3 is 5.51 Å². The third kappa shape index (κ3) is 4.25. The molecule has 6 heteroatoms. The van der Waals surface area contributed by atoms with Crippen LogP contribution in [0, 0.1) is 0 Å². The average Bonchev–Trinajstić information content (AvgIpc) is 2.25. The number of hydrogen-bond acceptors (Lipinski definition) is 2. The highest BCUT2D eigenvalue weighted by atomic mass is 32.2. The number of benzene rings is 1. The van der Waals surface area contributed by atoms with Gasteiger partial charge in [-0.2, -0.15) is 13.2 Å². The zero-order chi connectivity index (χ0) is 13.9. The Morgan fingerprint density at radius 1 is 1.33 bits per heavy atom.